The van der Waals surface area contributed by atoms with E-state index >= 15 is 0 Å². The van der Waals surface area contributed by atoms with Gasteiger partial charge in [0, 0.05) is 60.6 Å². The number of carbonyl (C=O) groups excluding carboxylic acids is 1. The maximum atomic E-state index is 12.2. The van der Waals surface area contributed by atoms with E-state index in [9.17, 15) is 4.79 Å². The maximum Gasteiger partial charge on any atom is 0.225 e. The molecule has 1 aromatic heterocycles. The first kappa shape index (κ1) is 20.2. The van der Waals surface area contributed by atoms with Gasteiger partial charge in [0.25, 0.3) is 0 Å². The van der Waals surface area contributed by atoms with E-state index < -0.39 is 0 Å². The molecule has 30 heavy (non-hydrogen) atoms. The smallest absolute Gasteiger partial charge is 0.225 e. The topological polar surface area (TPSA) is 51.7 Å². The molecule has 0 saturated carbocycles. The number of methoxy groups -OCH3 is 1. The molecule has 1 saturated heterocycles. The molecule has 3 aromatic rings. The van der Waals surface area contributed by atoms with Crippen LogP contribution in [-0.4, -0.2) is 42.1 Å². The Hall–Kier alpha value is -3.08. The molecule has 156 valence electrons. The monoisotopic (exact) mass is 404 g/mol. The molecule has 0 bridgehead atoms. The zero-order valence-electron chi connectivity index (χ0n) is 17.8. The van der Waals surface area contributed by atoms with Crippen molar-refractivity contribution in [3.05, 3.63) is 54.7 Å². The molecule has 2 aromatic carbocycles. The Morgan fingerprint density at radius 2 is 1.87 bits per heavy atom. The quantitative estimate of drug-likeness (QED) is 0.605. The molecule has 1 amide bonds. The Morgan fingerprint density at radius 1 is 1.10 bits per heavy atom. The van der Waals surface area contributed by atoms with Gasteiger partial charge in [0.15, 0.2) is 0 Å². The number of carbonyl (C=O) groups is 1. The molecular formula is C25H28N2O3. The minimum Gasteiger partial charge on any atom is -0.496 e. The molecule has 0 radical (unpaired) electrons. The summed E-state index contributed by atoms with van der Waals surface area (Å²) in [7, 11) is 1.67. The Bertz CT molecular complexity index is 1040. The summed E-state index contributed by atoms with van der Waals surface area (Å²) in [6, 6.07) is 16.2. The van der Waals surface area contributed by atoms with Crippen LogP contribution in [0.25, 0.3) is 22.0 Å². The molecule has 1 fully saturated rings. The second kappa shape index (κ2) is 8.74. The highest BCUT2D eigenvalue weighted by atomic mass is 16.5. The fourth-order valence-electron chi connectivity index (χ4n) is 3.95. The lowest BCUT2D eigenvalue weighted by Gasteiger charge is -2.33. The van der Waals surface area contributed by atoms with E-state index in [1.165, 1.54) is 0 Å². The number of nitrogens with zero attached hydrogens (tertiary/aromatic N) is 2. The Kier molecular flexibility index (Phi) is 5.88. The summed E-state index contributed by atoms with van der Waals surface area (Å²) in [6.07, 6.45) is 3.68. The van der Waals surface area contributed by atoms with Crippen molar-refractivity contribution >= 4 is 16.8 Å². The van der Waals surface area contributed by atoms with Crippen LogP contribution < -0.4 is 9.47 Å². The average molecular weight is 405 g/mol. The minimum absolute atomic E-state index is 0.0453. The summed E-state index contributed by atoms with van der Waals surface area (Å²) in [4.78, 5) is 18.7. The van der Waals surface area contributed by atoms with Crippen molar-refractivity contribution in [1.82, 2.24) is 9.88 Å². The van der Waals surface area contributed by atoms with Crippen LogP contribution in [0.1, 0.15) is 26.7 Å². The van der Waals surface area contributed by atoms with Crippen LogP contribution in [0.4, 0.5) is 0 Å². The highest BCUT2D eigenvalue weighted by Crippen LogP contribution is 2.35. The number of rotatable bonds is 5. The van der Waals surface area contributed by atoms with Crippen LogP contribution in [-0.2, 0) is 4.79 Å². The number of ether oxygens (including phenoxy) is 2. The zero-order valence-corrected chi connectivity index (χ0v) is 17.8. The van der Waals surface area contributed by atoms with Gasteiger partial charge in [0.2, 0.25) is 5.91 Å². The van der Waals surface area contributed by atoms with E-state index in [4.69, 9.17) is 9.47 Å². The fraction of sp³-hybridized carbons (Fsp3) is 0.360. The third-order valence-electron chi connectivity index (χ3n) is 5.62. The highest BCUT2D eigenvalue weighted by molar-refractivity contribution is 5.85. The van der Waals surface area contributed by atoms with Crippen LogP contribution in [0.5, 0.6) is 11.5 Å². The number of amides is 1. The summed E-state index contributed by atoms with van der Waals surface area (Å²) in [5.74, 6) is 1.82. The van der Waals surface area contributed by atoms with Crippen LogP contribution >= 0.6 is 0 Å². The number of hydrogen-bond acceptors (Lipinski definition) is 4. The Morgan fingerprint density at radius 3 is 2.60 bits per heavy atom. The molecule has 1 aliphatic heterocycles. The molecule has 0 N–H and O–H groups in total. The molecule has 5 heteroatoms. The third-order valence-corrected chi connectivity index (χ3v) is 5.62. The van der Waals surface area contributed by atoms with E-state index in [1.54, 1.807) is 7.11 Å². The van der Waals surface area contributed by atoms with Gasteiger partial charge in [-0.25, -0.2) is 0 Å². The number of likely N-dealkylation sites (tertiary alicyclic amines) is 1. The predicted octanol–water partition coefficient (Wildman–Crippen LogP) is 4.94. The molecule has 2 heterocycles. The number of aromatic nitrogens is 1. The summed E-state index contributed by atoms with van der Waals surface area (Å²) < 4.78 is 11.9. The molecular weight excluding hydrogens is 376 g/mol. The average Bonchev–Trinajstić information content (AvgIpc) is 2.78. The normalized spacial score (nSPS) is 14.9. The van der Waals surface area contributed by atoms with E-state index in [-0.39, 0.29) is 17.9 Å². The molecule has 0 atom stereocenters. The van der Waals surface area contributed by atoms with E-state index in [0.717, 1.165) is 59.5 Å². The Balaban J connectivity index is 1.48. The lowest BCUT2D eigenvalue weighted by molar-refractivity contribution is -0.136. The molecule has 1 aliphatic rings. The van der Waals surface area contributed by atoms with Gasteiger partial charge in [0.1, 0.15) is 17.6 Å². The predicted molar refractivity (Wildman–Crippen MR) is 119 cm³/mol. The van der Waals surface area contributed by atoms with Crippen molar-refractivity contribution in [1.29, 1.82) is 0 Å². The number of pyridine rings is 1. The van der Waals surface area contributed by atoms with Crippen molar-refractivity contribution in [2.75, 3.05) is 20.2 Å². The van der Waals surface area contributed by atoms with Crippen molar-refractivity contribution < 1.29 is 14.3 Å². The number of piperidine rings is 1. The van der Waals surface area contributed by atoms with E-state index in [1.807, 2.05) is 61.3 Å². The zero-order chi connectivity index (χ0) is 21.1. The summed E-state index contributed by atoms with van der Waals surface area (Å²) in [5, 5.41) is 1.10. The van der Waals surface area contributed by atoms with Gasteiger partial charge in [-0.05, 0) is 24.3 Å². The minimum atomic E-state index is 0.0453. The second-order valence-corrected chi connectivity index (χ2v) is 8.08. The molecule has 4 rings (SSSR count). The van der Waals surface area contributed by atoms with Gasteiger partial charge in [-0.1, -0.05) is 32.0 Å². The van der Waals surface area contributed by atoms with E-state index in [2.05, 4.69) is 17.1 Å². The summed E-state index contributed by atoms with van der Waals surface area (Å²) >= 11 is 0. The first-order valence-corrected chi connectivity index (χ1v) is 10.5. The largest absolute Gasteiger partial charge is 0.496 e. The summed E-state index contributed by atoms with van der Waals surface area (Å²) in [6.45, 7) is 5.40. The van der Waals surface area contributed by atoms with Crippen LogP contribution in [0, 0.1) is 5.92 Å². The SMILES string of the molecule is COc1cc(OC2CCN(C(=O)C(C)C)CC2)ccc1-c1cnc2ccccc2c1. The van der Waals surface area contributed by atoms with Crippen LogP contribution in [0.3, 0.4) is 0 Å². The van der Waals surface area contributed by atoms with Crippen molar-refractivity contribution in [3.63, 3.8) is 0 Å². The van der Waals surface area contributed by atoms with E-state index in [0.29, 0.717) is 0 Å². The third kappa shape index (κ3) is 4.25. The fourth-order valence-corrected chi connectivity index (χ4v) is 3.95. The molecule has 5 nitrogen and oxygen atoms in total. The van der Waals surface area contributed by atoms with Gasteiger partial charge in [-0.3, -0.25) is 9.78 Å². The number of hydrogen-bond donors (Lipinski definition) is 0. The molecule has 0 spiro atoms. The van der Waals surface area contributed by atoms with Crippen molar-refractivity contribution in [3.8, 4) is 22.6 Å². The van der Waals surface area contributed by atoms with Gasteiger partial charge >= 0.3 is 0 Å². The van der Waals surface area contributed by atoms with Gasteiger partial charge < -0.3 is 14.4 Å². The van der Waals surface area contributed by atoms with Crippen molar-refractivity contribution in [2.24, 2.45) is 5.92 Å². The number of para-hydroxylation sites is 1. The second-order valence-electron chi connectivity index (χ2n) is 8.08. The van der Waals surface area contributed by atoms with Crippen molar-refractivity contribution in [2.45, 2.75) is 32.8 Å². The first-order chi connectivity index (χ1) is 14.5. The number of fused-ring (bicyclic) bond motifs is 1. The lowest BCUT2D eigenvalue weighted by atomic mass is 10.0. The van der Waals surface area contributed by atoms with Gasteiger partial charge in [0.05, 0.1) is 12.6 Å². The molecule has 0 unspecified atom stereocenters. The standard InChI is InChI=1S/C25H28N2O3/c1-17(2)25(28)27-12-10-20(11-13-27)30-21-8-9-22(24(15-21)29-3)19-14-18-6-4-5-7-23(18)26-16-19/h4-9,14-17,20H,10-13H2,1-3H3. The maximum absolute atomic E-state index is 12.2. The molecule has 0 aliphatic carbocycles. The van der Waals surface area contributed by atoms with Gasteiger partial charge in [-0.2, -0.15) is 0 Å². The van der Waals surface area contributed by atoms with Crippen LogP contribution in [0.2, 0.25) is 0 Å². The summed E-state index contributed by atoms with van der Waals surface area (Å²) in [5.41, 5.74) is 2.97. The highest BCUT2D eigenvalue weighted by Gasteiger charge is 2.25. The Labute approximate surface area is 177 Å². The van der Waals surface area contributed by atoms with Crippen LogP contribution in [0.15, 0.2) is 54.7 Å². The lowest BCUT2D eigenvalue weighted by Crippen LogP contribution is -2.43. The first-order valence-electron chi connectivity index (χ1n) is 10.5. The number of benzene rings is 2. The van der Waals surface area contributed by atoms with Gasteiger partial charge in [-0.15, -0.1) is 0 Å².